The molecule has 0 unspecified atom stereocenters. The van der Waals surface area contributed by atoms with Gasteiger partial charge in [-0.05, 0) is 109 Å². The third kappa shape index (κ3) is 5.24. The lowest BCUT2D eigenvalue weighted by Crippen LogP contribution is -2.15. The second-order valence-electron chi connectivity index (χ2n) is 18.1. The van der Waals surface area contributed by atoms with Crippen molar-refractivity contribution in [1.82, 2.24) is 9.13 Å². The monoisotopic (exact) mass is 824 g/mol. The Morgan fingerprint density at radius 3 is 1.98 bits per heavy atom. The van der Waals surface area contributed by atoms with Crippen LogP contribution in [0.3, 0.4) is 0 Å². The number of para-hydroxylation sites is 3. The summed E-state index contributed by atoms with van der Waals surface area (Å²) < 4.78 is 7.37. The second kappa shape index (κ2) is 13.4. The number of nitrogens with zero attached hydrogens (tertiary/aromatic N) is 2. The molecule has 3 heterocycles. The van der Waals surface area contributed by atoms with Gasteiger partial charge in [0.2, 0.25) is 0 Å². The van der Waals surface area contributed by atoms with Crippen molar-refractivity contribution in [1.29, 1.82) is 0 Å². The Kier molecular flexibility index (Phi) is 7.75. The largest absolute Gasteiger partial charge is 0.344 e. The van der Waals surface area contributed by atoms with E-state index < -0.39 is 0 Å². The van der Waals surface area contributed by atoms with Crippen molar-refractivity contribution in [3.05, 3.63) is 204 Å². The normalized spacial score (nSPS) is 13.7. The Morgan fingerprint density at radius 1 is 0.508 bits per heavy atom. The third-order valence-corrected chi connectivity index (χ3v) is 15.5. The zero-order valence-electron chi connectivity index (χ0n) is 35.8. The molecule has 0 spiro atoms. The van der Waals surface area contributed by atoms with Crippen LogP contribution in [-0.4, -0.2) is 9.13 Å². The molecule has 13 rings (SSSR count). The molecule has 0 fully saturated rings. The summed E-state index contributed by atoms with van der Waals surface area (Å²) in [5.74, 6) is 0. The highest BCUT2D eigenvalue weighted by Crippen LogP contribution is 2.54. The lowest BCUT2D eigenvalue weighted by molar-refractivity contribution is 0.661. The number of hydrogen-bond acceptors (Lipinski definition) is 1. The highest BCUT2D eigenvalue weighted by atomic mass is 32.1. The van der Waals surface area contributed by atoms with Crippen LogP contribution in [0.15, 0.2) is 176 Å². The van der Waals surface area contributed by atoms with Crippen LogP contribution in [0.25, 0.3) is 108 Å². The van der Waals surface area contributed by atoms with Crippen LogP contribution < -0.4 is 0 Å². The van der Waals surface area contributed by atoms with Gasteiger partial charge in [0.25, 0.3) is 0 Å². The molecular formula is C60H44N2S. The number of benzene rings is 9. The molecule has 2 nitrogen and oxygen atoms in total. The SMILES string of the molecule is Cn1c2ccccc2c2cc(-c3cc4c(c5ccccc35)-c3ccc(/C=C(/Cc5cccc6c7ccccc7n(C)c56)c5cccc6sc7ccccc7c56)cc3C4(C)C)ccc21. The molecule has 1 aliphatic rings. The summed E-state index contributed by atoms with van der Waals surface area (Å²) in [6, 6.07) is 66.1. The van der Waals surface area contributed by atoms with E-state index in [-0.39, 0.29) is 5.41 Å². The minimum absolute atomic E-state index is 0.213. The zero-order valence-corrected chi connectivity index (χ0v) is 36.6. The second-order valence-corrected chi connectivity index (χ2v) is 19.2. The molecule has 0 aliphatic heterocycles. The lowest BCUT2D eigenvalue weighted by Gasteiger charge is -2.23. The number of rotatable bonds is 5. The molecular weight excluding hydrogens is 781 g/mol. The van der Waals surface area contributed by atoms with Crippen LogP contribution in [-0.2, 0) is 25.9 Å². The summed E-state index contributed by atoms with van der Waals surface area (Å²) in [5.41, 5.74) is 18.1. The van der Waals surface area contributed by atoms with Crippen molar-refractivity contribution in [3.8, 4) is 22.3 Å². The summed E-state index contributed by atoms with van der Waals surface area (Å²) >= 11 is 1.89. The molecule has 3 aromatic heterocycles. The fraction of sp³-hybridized carbons (Fsp3) is 0.100. The number of thiophene rings is 1. The van der Waals surface area contributed by atoms with E-state index in [1.165, 1.54) is 130 Å². The first-order valence-corrected chi connectivity index (χ1v) is 22.9. The van der Waals surface area contributed by atoms with Crippen molar-refractivity contribution in [3.63, 3.8) is 0 Å². The molecule has 0 radical (unpaired) electrons. The van der Waals surface area contributed by atoms with Crippen molar-refractivity contribution in [2.24, 2.45) is 14.1 Å². The van der Waals surface area contributed by atoms with Gasteiger partial charge in [-0.15, -0.1) is 11.3 Å². The summed E-state index contributed by atoms with van der Waals surface area (Å²) in [5, 5.41) is 10.5. The van der Waals surface area contributed by atoms with E-state index in [0.717, 1.165) is 6.42 Å². The first kappa shape index (κ1) is 36.5. The first-order valence-electron chi connectivity index (χ1n) is 22.1. The molecule has 0 bridgehead atoms. The molecule has 12 aromatic rings. The van der Waals surface area contributed by atoms with E-state index in [9.17, 15) is 0 Å². The van der Waals surface area contributed by atoms with Crippen molar-refractivity contribution in [2.45, 2.75) is 25.7 Å². The maximum Gasteiger partial charge on any atom is 0.0524 e. The number of hydrogen-bond donors (Lipinski definition) is 0. The maximum atomic E-state index is 2.51. The Labute approximate surface area is 370 Å². The van der Waals surface area contributed by atoms with Crippen LogP contribution in [0.5, 0.6) is 0 Å². The Bertz CT molecular complexity index is 3940. The third-order valence-electron chi connectivity index (χ3n) is 14.4. The van der Waals surface area contributed by atoms with E-state index in [1.54, 1.807) is 0 Å². The standard InChI is InChI=1S/C60H44N2S/c1-60(2)50-32-36(27-29-46(50)57-44-19-6-5-16-41(44)48(35-51(57)60)37-28-30-54-49(34-37)43-18-8-10-23-52(43)61(54)3)31-39(40-21-14-26-56-58(40)47-20-9-12-25-55(47)63-56)33-38-15-13-22-45-42-17-7-11-24-53(42)62(4)59(38)45/h5-32,34-35H,33H2,1-4H3/b39-31-. The van der Waals surface area contributed by atoms with Crippen LogP contribution >= 0.6 is 11.3 Å². The van der Waals surface area contributed by atoms with Gasteiger partial charge in [-0.2, -0.15) is 0 Å². The fourth-order valence-electron chi connectivity index (χ4n) is 11.4. The van der Waals surface area contributed by atoms with Gasteiger partial charge in [0.1, 0.15) is 0 Å². The number of aromatic nitrogens is 2. The summed E-state index contributed by atoms with van der Waals surface area (Å²) in [4.78, 5) is 0. The molecule has 63 heavy (non-hydrogen) atoms. The Hall–Kier alpha value is -7.20. The van der Waals surface area contributed by atoms with Crippen LogP contribution in [0, 0.1) is 0 Å². The maximum absolute atomic E-state index is 2.51. The van der Waals surface area contributed by atoms with Gasteiger partial charge in [-0.1, -0.05) is 153 Å². The number of aryl methyl sites for hydroxylation is 2. The Morgan fingerprint density at radius 2 is 1.16 bits per heavy atom. The lowest BCUT2D eigenvalue weighted by atomic mass is 9.80. The molecule has 0 saturated heterocycles. The van der Waals surface area contributed by atoms with Gasteiger partial charge >= 0.3 is 0 Å². The van der Waals surface area contributed by atoms with Crippen LogP contribution in [0.1, 0.15) is 41.7 Å². The minimum Gasteiger partial charge on any atom is -0.344 e. The fourth-order valence-corrected chi connectivity index (χ4v) is 12.5. The zero-order chi connectivity index (χ0) is 42.1. The van der Waals surface area contributed by atoms with E-state index in [0.29, 0.717) is 0 Å². The van der Waals surface area contributed by atoms with Crippen molar-refractivity contribution >= 4 is 97.5 Å². The van der Waals surface area contributed by atoms with Gasteiger partial charge < -0.3 is 9.13 Å². The highest BCUT2D eigenvalue weighted by molar-refractivity contribution is 7.25. The predicted octanol–water partition coefficient (Wildman–Crippen LogP) is 16.3. The molecule has 0 saturated carbocycles. The first-order chi connectivity index (χ1) is 30.8. The van der Waals surface area contributed by atoms with Gasteiger partial charge in [0.15, 0.2) is 0 Å². The average molecular weight is 825 g/mol. The minimum atomic E-state index is -0.213. The summed E-state index contributed by atoms with van der Waals surface area (Å²) in [6.07, 6.45) is 3.30. The average Bonchev–Trinajstić information content (AvgIpc) is 4.01. The van der Waals surface area contributed by atoms with Gasteiger partial charge in [-0.25, -0.2) is 0 Å². The van der Waals surface area contributed by atoms with Gasteiger partial charge in [0.05, 0.1) is 5.52 Å². The van der Waals surface area contributed by atoms with Crippen LogP contribution in [0.4, 0.5) is 0 Å². The quantitative estimate of drug-likeness (QED) is 0.153. The van der Waals surface area contributed by atoms with E-state index in [4.69, 9.17) is 0 Å². The molecule has 0 amide bonds. The smallest absolute Gasteiger partial charge is 0.0524 e. The molecule has 9 aromatic carbocycles. The van der Waals surface area contributed by atoms with E-state index >= 15 is 0 Å². The van der Waals surface area contributed by atoms with Crippen LogP contribution in [0.2, 0.25) is 0 Å². The van der Waals surface area contributed by atoms with Crippen molar-refractivity contribution in [2.75, 3.05) is 0 Å². The number of fused-ring (bicyclic) bond motifs is 14. The Balaban J connectivity index is 0.995. The summed E-state index contributed by atoms with van der Waals surface area (Å²) in [7, 11) is 4.40. The topological polar surface area (TPSA) is 9.86 Å². The molecule has 300 valence electrons. The van der Waals surface area contributed by atoms with Gasteiger partial charge in [0, 0.05) is 84.2 Å². The highest BCUT2D eigenvalue weighted by Gasteiger charge is 2.37. The summed E-state index contributed by atoms with van der Waals surface area (Å²) in [6.45, 7) is 4.86. The van der Waals surface area contributed by atoms with Gasteiger partial charge in [-0.3, -0.25) is 0 Å². The molecule has 0 atom stereocenters. The van der Waals surface area contributed by atoms with Crippen molar-refractivity contribution < 1.29 is 0 Å². The predicted molar refractivity (Wildman–Crippen MR) is 272 cm³/mol. The van der Waals surface area contributed by atoms with E-state index in [2.05, 4.69) is 219 Å². The van der Waals surface area contributed by atoms with E-state index in [1.807, 2.05) is 11.3 Å². The molecule has 0 N–H and O–H groups in total. The molecule has 3 heteroatoms. The number of allylic oxidation sites excluding steroid dienone is 1. The molecule has 1 aliphatic carbocycles.